The number of benzene rings is 4. The van der Waals surface area contributed by atoms with E-state index < -0.39 is 12.1 Å². The minimum Gasteiger partial charge on any atom is -0.492 e. The van der Waals surface area contributed by atoms with Gasteiger partial charge in [0.1, 0.15) is 23.9 Å². The maximum absolute atomic E-state index is 12.6. The monoisotopic (exact) mass is 569 g/mol. The molecular formula is C34H35NO7. The van der Waals surface area contributed by atoms with E-state index in [2.05, 4.69) is 17.4 Å². The molecule has 1 atom stereocenters. The average molecular weight is 570 g/mol. The van der Waals surface area contributed by atoms with Gasteiger partial charge in [-0.3, -0.25) is 4.79 Å². The lowest BCUT2D eigenvalue weighted by atomic mass is 9.99. The van der Waals surface area contributed by atoms with E-state index in [-0.39, 0.29) is 25.7 Å². The van der Waals surface area contributed by atoms with Crippen molar-refractivity contribution in [2.24, 2.45) is 0 Å². The van der Waals surface area contributed by atoms with Crippen molar-refractivity contribution in [1.29, 1.82) is 0 Å². The average Bonchev–Trinajstić information content (AvgIpc) is 2.99. The standard InChI is InChI=1S/C34H35NO7/c1-23-19-28(20-24(2)32(23)41-22-39-3)26-11-13-27(14-12-26)33(36)35-17-18-40-29-15-9-25(10-16-29)21-31(34(37)38)42-30-7-5-4-6-8-30/h4-16,19-20,31H,17-18,21-22H2,1-3H3,(H,35,36)(H,37,38). The molecule has 0 bridgehead atoms. The fourth-order valence-electron chi connectivity index (χ4n) is 4.49. The van der Waals surface area contributed by atoms with Gasteiger partial charge in [0.05, 0.1) is 6.54 Å². The number of carbonyl (C=O) groups excluding carboxylic acids is 1. The van der Waals surface area contributed by atoms with Crippen LogP contribution >= 0.6 is 0 Å². The van der Waals surface area contributed by atoms with E-state index in [1.807, 2.05) is 44.2 Å². The number of carboxylic acids is 1. The Morgan fingerprint density at radius 3 is 2.10 bits per heavy atom. The normalized spacial score (nSPS) is 11.4. The highest BCUT2D eigenvalue weighted by Crippen LogP contribution is 2.30. The second-order valence-electron chi connectivity index (χ2n) is 9.78. The van der Waals surface area contributed by atoms with Crippen LogP contribution in [-0.4, -0.2) is 50.1 Å². The summed E-state index contributed by atoms with van der Waals surface area (Å²) in [6.07, 6.45) is -0.787. The Morgan fingerprint density at radius 2 is 1.48 bits per heavy atom. The number of ether oxygens (including phenoxy) is 4. The number of aliphatic carboxylic acids is 1. The molecule has 0 aliphatic carbocycles. The minimum atomic E-state index is -1.03. The van der Waals surface area contributed by atoms with Crippen LogP contribution < -0.4 is 19.5 Å². The first-order chi connectivity index (χ1) is 20.3. The van der Waals surface area contributed by atoms with Crippen molar-refractivity contribution >= 4 is 11.9 Å². The molecule has 0 heterocycles. The summed E-state index contributed by atoms with van der Waals surface area (Å²) in [6, 6.07) is 27.6. The fourth-order valence-corrected chi connectivity index (χ4v) is 4.49. The molecule has 1 unspecified atom stereocenters. The fraction of sp³-hybridized carbons (Fsp3) is 0.235. The van der Waals surface area contributed by atoms with Crippen LogP contribution in [0, 0.1) is 13.8 Å². The summed E-state index contributed by atoms with van der Waals surface area (Å²) in [7, 11) is 1.59. The number of hydrogen-bond donors (Lipinski definition) is 2. The topological polar surface area (TPSA) is 103 Å². The maximum Gasteiger partial charge on any atom is 0.345 e. The van der Waals surface area contributed by atoms with Crippen molar-refractivity contribution in [1.82, 2.24) is 5.32 Å². The number of hydrogen-bond acceptors (Lipinski definition) is 6. The number of rotatable bonds is 14. The van der Waals surface area contributed by atoms with Gasteiger partial charge in [-0.25, -0.2) is 4.79 Å². The Balaban J connectivity index is 1.24. The van der Waals surface area contributed by atoms with E-state index >= 15 is 0 Å². The first-order valence-corrected chi connectivity index (χ1v) is 13.6. The molecule has 0 fully saturated rings. The third kappa shape index (κ3) is 8.34. The van der Waals surface area contributed by atoms with Crippen LogP contribution in [0.2, 0.25) is 0 Å². The predicted molar refractivity (Wildman–Crippen MR) is 160 cm³/mol. The number of amides is 1. The molecule has 0 saturated carbocycles. The zero-order valence-electron chi connectivity index (χ0n) is 24.0. The van der Waals surface area contributed by atoms with Gasteiger partial charge in [0.15, 0.2) is 12.9 Å². The molecule has 8 heteroatoms. The Kier molecular flexibility index (Phi) is 10.6. The van der Waals surface area contributed by atoms with Crippen molar-refractivity contribution in [3.63, 3.8) is 0 Å². The Bertz CT molecular complexity index is 1450. The van der Waals surface area contributed by atoms with Gasteiger partial charge >= 0.3 is 5.97 Å². The van der Waals surface area contributed by atoms with Crippen LogP contribution in [0.1, 0.15) is 27.0 Å². The van der Waals surface area contributed by atoms with Crippen LogP contribution in [0.15, 0.2) is 91.0 Å². The second-order valence-corrected chi connectivity index (χ2v) is 9.78. The van der Waals surface area contributed by atoms with E-state index in [4.69, 9.17) is 18.9 Å². The lowest BCUT2D eigenvalue weighted by Gasteiger charge is -2.15. The van der Waals surface area contributed by atoms with Crippen molar-refractivity contribution in [3.05, 3.63) is 113 Å². The summed E-state index contributed by atoms with van der Waals surface area (Å²) in [4.78, 5) is 24.3. The number of para-hydroxylation sites is 1. The second kappa shape index (κ2) is 14.7. The van der Waals surface area contributed by atoms with Gasteiger partial charge < -0.3 is 29.4 Å². The van der Waals surface area contributed by atoms with E-state index in [0.717, 1.165) is 33.6 Å². The molecule has 4 aromatic rings. The summed E-state index contributed by atoms with van der Waals surface area (Å²) in [5.41, 5.74) is 5.44. The van der Waals surface area contributed by atoms with E-state index in [0.29, 0.717) is 23.6 Å². The summed E-state index contributed by atoms with van der Waals surface area (Å²) < 4.78 is 22.1. The number of carboxylic acid groups (broad SMARTS) is 1. The number of carbonyl (C=O) groups is 2. The maximum atomic E-state index is 12.6. The highest BCUT2D eigenvalue weighted by atomic mass is 16.7. The number of methoxy groups -OCH3 is 1. The van der Waals surface area contributed by atoms with Crippen molar-refractivity contribution in [2.45, 2.75) is 26.4 Å². The molecule has 0 aromatic heterocycles. The van der Waals surface area contributed by atoms with Crippen molar-refractivity contribution in [2.75, 3.05) is 27.1 Å². The molecule has 1 amide bonds. The first-order valence-electron chi connectivity index (χ1n) is 13.6. The van der Waals surface area contributed by atoms with Gasteiger partial charge in [-0.05, 0) is 90.2 Å². The molecule has 0 saturated heterocycles. The largest absolute Gasteiger partial charge is 0.492 e. The molecule has 0 spiro atoms. The highest BCUT2D eigenvalue weighted by molar-refractivity contribution is 5.94. The van der Waals surface area contributed by atoms with Gasteiger partial charge in [0.25, 0.3) is 5.91 Å². The molecule has 4 aromatic carbocycles. The summed E-state index contributed by atoms with van der Waals surface area (Å²) in [5.74, 6) is 0.728. The zero-order chi connectivity index (χ0) is 29.9. The summed E-state index contributed by atoms with van der Waals surface area (Å²) in [5, 5.41) is 12.4. The molecule has 4 rings (SSSR count). The molecular weight excluding hydrogens is 534 g/mol. The highest BCUT2D eigenvalue weighted by Gasteiger charge is 2.20. The quantitative estimate of drug-likeness (QED) is 0.145. The Morgan fingerprint density at radius 1 is 0.810 bits per heavy atom. The molecule has 0 radical (unpaired) electrons. The van der Waals surface area contributed by atoms with Gasteiger partial charge in [0.2, 0.25) is 0 Å². The van der Waals surface area contributed by atoms with Gasteiger partial charge in [-0.2, -0.15) is 0 Å². The van der Waals surface area contributed by atoms with Crippen LogP contribution in [0.5, 0.6) is 17.2 Å². The Labute approximate surface area is 245 Å². The van der Waals surface area contributed by atoms with Gasteiger partial charge in [-0.1, -0.05) is 42.5 Å². The SMILES string of the molecule is COCOc1c(C)cc(-c2ccc(C(=O)NCCOc3ccc(CC(Oc4ccccc4)C(=O)O)cc3)cc2)cc1C. The van der Waals surface area contributed by atoms with Gasteiger partial charge in [-0.15, -0.1) is 0 Å². The summed E-state index contributed by atoms with van der Waals surface area (Å²) in [6.45, 7) is 4.81. The predicted octanol–water partition coefficient (Wildman–Crippen LogP) is 5.84. The lowest BCUT2D eigenvalue weighted by molar-refractivity contribution is -0.145. The molecule has 8 nitrogen and oxygen atoms in total. The van der Waals surface area contributed by atoms with E-state index in [9.17, 15) is 14.7 Å². The van der Waals surface area contributed by atoms with Crippen LogP contribution in [0.4, 0.5) is 0 Å². The molecule has 2 N–H and O–H groups in total. The first kappa shape index (κ1) is 30.1. The van der Waals surface area contributed by atoms with Crippen LogP contribution in [0.25, 0.3) is 11.1 Å². The van der Waals surface area contributed by atoms with E-state index in [1.165, 1.54) is 0 Å². The molecule has 42 heavy (non-hydrogen) atoms. The molecule has 0 aliphatic rings. The Hall–Kier alpha value is -4.82. The van der Waals surface area contributed by atoms with Crippen LogP contribution in [-0.2, 0) is 16.0 Å². The van der Waals surface area contributed by atoms with Crippen molar-refractivity contribution < 1.29 is 33.6 Å². The lowest BCUT2D eigenvalue weighted by Crippen LogP contribution is -2.29. The van der Waals surface area contributed by atoms with Crippen LogP contribution in [0.3, 0.4) is 0 Å². The van der Waals surface area contributed by atoms with Gasteiger partial charge in [0, 0.05) is 19.1 Å². The zero-order valence-corrected chi connectivity index (χ0v) is 24.0. The van der Waals surface area contributed by atoms with E-state index in [1.54, 1.807) is 55.6 Å². The summed E-state index contributed by atoms with van der Waals surface area (Å²) >= 11 is 0. The number of nitrogens with one attached hydrogen (secondary N) is 1. The van der Waals surface area contributed by atoms with Crippen molar-refractivity contribution in [3.8, 4) is 28.4 Å². The molecule has 218 valence electrons. The number of aryl methyl sites for hydroxylation is 2. The minimum absolute atomic E-state index is 0.186. The molecule has 0 aliphatic heterocycles. The smallest absolute Gasteiger partial charge is 0.345 e. The third-order valence-electron chi connectivity index (χ3n) is 6.56. The third-order valence-corrected chi connectivity index (χ3v) is 6.56.